The highest BCUT2D eigenvalue weighted by Gasteiger charge is 2.08. The lowest BCUT2D eigenvalue weighted by atomic mass is 10.1. The van der Waals surface area contributed by atoms with Gasteiger partial charge in [0, 0.05) is 11.7 Å². The third-order valence-corrected chi connectivity index (χ3v) is 4.23. The molecule has 3 N–H and O–H groups in total. The first-order chi connectivity index (χ1) is 9.95. The molecular formula is C16H20N2O2S. The lowest BCUT2D eigenvalue weighted by Crippen LogP contribution is -2.16. The molecule has 4 nitrogen and oxygen atoms in total. The number of nitrogens with one attached hydrogen (secondary N) is 1. The van der Waals surface area contributed by atoms with E-state index in [9.17, 15) is 8.42 Å². The molecule has 2 aromatic carbocycles. The monoisotopic (exact) mass is 304 g/mol. The molecule has 0 spiro atoms. The molecule has 0 bridgehead atoms. The van der Waals surface area contributed by atoms with Gasteiger partial charge in [0.25, 0.3) is 0 Å². The summed E-state index contributed by atoms with van der Waals surface area (Å²) < 4.78 is 22.4. The van der Waals surface area contributed by atoms with Crippen molar-refractivity contribution in [2.75, 3.05) is 5.32 Å². The van der Waals surface area contributed by atoms with Crippen molar-refractivity contribution in [2.45, 2.75) is 30.7 Å². The summed E-state index contributed by atoms with van der Waals surface area (Å²) in [5.41, 5.74) is 2.21. The van der Waals surface area contributed by atoms with Gasteiger partial charge in [0.2, 0.25) is 10.0 Å². The maximum absolute atomic E-state index is 11.2. The molecular weight excluding hydrogens is 284 g/mol. The van der Waals surface area contributed by atoms with Crippen molar-refractivity contribution in [3.8, 4) is 0 Å². The number of rotatable bonds is 6. The number of aryl methyl sites for hydroxylation is 1. The maximum atomic E-state index is 11.2. The zero-order valence-corrected chi connectivity index (χ0v) is 12.8. The third-order valence-electron chi connectivity index (χ3n) is 3.30. The molecule has 1 unspecified atom stereocenters. The van der Waals surface area contributed by atoms with Gasteiger partial charge in [-0.2, -0.15) is 0 Å². The molecule has 0 saturated carbocycles. The smallest absolute Gasteiger partial charge is 0.238 e. The largest absolute Gasteiger partial charge is 0.383 e. The Morgan fingerprint density at radius 3 is 2.24 bits per heavy atom. The SMILES string of the molecule is CC(CCc1ccccc1)Nc1ccc(S(N)(=O)=O)cc1. The Hall–Kier alpha value is -1.85. The summed E-state index contributed by atoms with van der Waals surface area (Å²) >= 11 is 0. The fourth-order valence-corrected chi connectivity index (χ4v) is 2.64. The molecule has 1 atom stereocenters. The van der Waals surface area contributed by atoms with Crippen LogP contribution >= 0.6 is 0 Å². The number of benzene rings is 2. The van der Waals surface area contributed by atoms with Crippen LogP contribution in [0, 0.1) is 0 Å². The summed E-state index contributed by atoms with van der Waals surface area (Å²) in [5, 5.41) is 8.43. The van der Waals surface area contributed by atoms with Crippen LogP contribution in [0.25, 0.3) is 0 Å². The van der Waals surface area contributed by atoms with E-state index < -0.39 is 10.0 Å². The van der Waals surface area contributed by atoms with Crippen LogP contribution in [0.5, 0.6) is 0 Å². The Kier molecular flexibility index (Phi) is 4.98. The van der Waals surface area contributed by atoms with Gasteiger partial charge >= 0.3 is 0 Å². The lowest BCUT2D eigenvalue weighted by molar-refractivity contribution is 0.598. The van der Waals surface area contributed by atoms with Crippen LogP contribution in [0.2, 0.25) is 0 Å². The first-order valence-corrected chi connectivity index (χ1v) is 8.43. The van der Waals surface area contributed by atoms with Gasteiger partial charge in [-0.1, -0.05) is 30.3 Å². The number of nitrogens with two attached hydrogens (primary N) is 1. The minimum Gasteiger partial charge on any atom is -0.383 e. The molecule has 0 heterocycles. The lowest BCUT2D eigenvalue weighted by Gasteiger charge is -2.15. The van der Waals surface area contributed by atoms with Crippen molar-refractivity contribution in [3.63, 3.8) is 0 Å². The van der Waals surface area contributed by atoms with E-state index in [-0.39, 0.29) is 4.90 Å². The van der Waals surface area contributed by atoms with Gasteiger partial charge in [-0.25, -0.2) is 13.6 Å². The van der Waals surface area contributed by atoms with Gasteiger partial charge in [-0.3, -0.25) is 0 Å². The Morgan fingerprint density at radius 2 is 1.67 bits per heavy atom. The molecule has 0 aromatic heterocycles. The number of primary sulfonamides is 1. The predicted octanol–water partition coefficient (Wildman–Crippen LogP) is 2.77. The average molecular weight is 304 g/mol. The first kappa shape index (κ1) is 15.5. The van der Waals surface area contributed by atoms with Crippen LogP contribution < -0.4 is 10.5 Å². The molecule has 0 fully saturated rings. The highest BCUT2D eigenvalue weighted by Crippen LogP contribution is 2.15. The number of sulfonamides is 1. The fourth-order valence-electron chi connectivity index (χ4n) is 2.13. The summed E-state index contributed by atoms with van der Waals surface area (Å²) in [6.45, 7) is 2.11. The molecule has 2 aromatic rings. The second-order valence-electron chi connectivity index (χ2n) is 5.14. The minimum atomic E-state index is -3.62. The Morgan fingerprint density at radius 1 is 1.05 bits per heavy atom. The number of anilines is 1. The van der Waals surface area contributed by atoms with E-state index in [0.717, 1.165) is 18.5 Å². The van der Waals surface area contributed by atoms with Crippen LogP contribution in [-0.2, 0) is 16.4 Å². The van der Waals surface area contributed by atoms with Crippen molar-refractivity contribution in [1.29, 1.82) is 0 Å². The molecule has 0 radical (unpaired) electrons. The fraction of sp³-hybridized carbons (Fsp3) is 0.250. The standard InChI is InChI=1S/C16H20N2O2S/c1-13(7-8-14-5-3-2-4-6-14)18-15-9-11-16(12-10-15)21(17,19)20/h2-6,9-13,18H,7-8H2,1H3,(H2,17,19,20). The molecule has 0 saturated heterocycles. The van der Waals surface area contributed by atoms with Crippen molar-refractivity contribution in [2.24, 2.45) is 5.14 Å². The summed E-state index contributed by atoms with van der Waals surface area (Å²) in [6, 6.07) is 17.1. The average Bonchev–Trinajstić information content (AvgIpc) is 2.46. The normalized spacial score (nSPS) is 12.9. The van der Waals surface area contributed by atoms with Gasteiger partial charge in [0.15, 0.2) is 0 Å². The summed E-state index contributed by atoms with van der Waals surface area (Å²) in [7, 11) is -3.62. The van der Waals surface area contributed by atoms with Crippen molar-refractivity contribution in [1.82, 2.24) is 0 Å². The minimum absolute atomic E-state index is 0.130. The van der Waals surface area contributed by atoms with E-state index >= 15 is 0 Å². The quantitative estimate of drug-likeness (QED) is 0.862. The molecule has 0 aliphatic carbocycles. The highest BCUT2D eigenvalue weighted by molar-refractivity contribution is 7.89. The summed E-state index contributed by atoms with van der Waals surface area (Å²) in [4.78, 5) is 0.130. The molecule has 2 rings (SSSR count). The van der Waals surface area contributed by atoms with Crippen LogP contribution in [0.3, 0.4) is 0 Å². The van der Waals surface area contributed by atoms with E-state index in [2.05, 4.69) is 24.4 Å². The van der Waals surface area contributed by atoms with Crippen molar-refractivity contribution >= 4 is 15.7 Å². The zero-order chi connectivity index (χ0) is 15.3. The summed E-state index contributed by atoms with van der Waals surface area (Å²) in [6.07, 6.45) is 2.01. The molecule has 0 aliphatic heterocycles. The summed E-state index contributed by atoms with van der Waals surface area (Å²) in [5.74, 6) is 0. The van der Waals surface area contributed by atoms with E-state index in [1.165, 1.54) is 17.7 Å². The van der Waals surface area contributed by atoms with E-state index in [0.29, 0.717) is 6.04 Å². The van der Waals surface area contributed by atoms with Crippen LogP contribution in [0.15, 0.2) is 59.5 Å². The molecule has 0 aliphatic rings. The predicted molar refractivity (Wildman–Crippen MR) is 85.7 cm³/mol. The molecule has 21 heavy (non-hydrogen) atoms. The number of hydrogen-bond acceptors (Lipinski definition) is 3. The van der Waals surface area contributed by atoms with E-state index in [1.54, 1.807) is 12.1 Å². The number of hydrogen-bond donors (Lipinski definition) is 2. The van der Waals surface area contributed by atoms with Gasteiger partial charge in [-0.15, -0.1) is 0 Å². The molecule has 112 valence electrons. The van der Waals surface area contributed by atoms with Crippen LogP contribution in [-0.4, -0.2) is 14.5 Å². The van der Waals surface area contributed by atoms with Crippen LogP contribution in [0.4, 0.5) is 5.69 Å². The second kappa shape index (κ2) is 6.74. The van der Waals surface area contributed by atoms with Crippen molar-refractivity contribution < 1.29 is 8.42 Å². The molecule has 5 heteroatoms. The Labute approximate surface area is 126 Å². The van der Waals surface area contributed by atoms with Gasteiger partial charge in [-0.05, 0) is 49.6 Å². The Balaban J connectivity index is 1.89. The van der Waals surface area contributed by atoms with Crippen molar-refractivity contribution in [3.05, 3.63) is 60.2 Å². The highest BCUT2D eigenvalue weighted by atomic mass is 32.2. The zero-order valence-electron chi connectivity index (χ0n) is 12.0. The van der Waals surface area contributed by atoms with Crippen LogP contribution in [0.1, 0.15) is 18.9 Å². The third kappa shape index (κ3) is 4.88. The Bertz CT molecular complexity index is 667. The van der Waals surface area contributed by atoms with Gasteiger partial charge in [0.1, 0.15) is 0 Å². The van der Waals surface area contributed by atoms with E-state index in [1.807, 2.05) is 18.2 Å². The second-order valence-corrected chi connectivity index (χ2v) is 6.70. The first-order valence-electron chi connectivity index (χ1n) is 6.88. The van der Waals surface area contributed by atoms with Gasteiger partial charge < -0.3 is 5.32 Å². The maximum Gasteiger partial charge on any atom is 0.238 e. The van der Waals surface area contributed by atoms with E-state index in [4.69, 9.17) is 5.14 Å². The van der Waals surface area contributed by atoms with Gasteiger partial charge in [0.05, 0.1) is 4.90 Å². The molecule has 0 amide bonds. The topological polar surface area (TPSA) is 72.2 Å².